The maximum Gasteiger partial charge on any atom is 0.0542 e. The summed E-state index contributed by atoms with van der Waals surface area (Å²) in [5.41, 5.74) is 9.99. The van der Waals surface area contributed by atoms with E-state index in [1.807, 2.05) is 0 Å². The Hall–Kier alpha value is -5.60. The first kappa shape index (κ1) is 28.6. The van der Waals surface area contributed by atoms with E-state index in [1.165, 1.54) is 87.2 Å². The van der Waals surface area contributed by atoms with Crippen molar-refractivity contribution >= 4 is 49.6 Å². The third-order valence-corrected chi connectivity index (χ3v) is 10.6. The number of anilines is 3. The molecule has 232 valence electrons. The number of hydrogen-bond acceptors (Lipinski definition) is 1. The highest BCUT2D eigenvalue weighted by molar-refractivity contribution is 6.10. The summed E-state index contributed by atoms with van der Waals surface area (Å²) in [7, 11) is 0. The van der Waals surface area contributed by atoms with E-state index < -0.39 is 0 Å². The Balaban J connectivity index is 1.26. The minimum atomic E-state index is 0.0254. The van der Waals surface area contributed by atoms with Crippen molar-refractivity contribution in [3.05, 3.63) is 181 Å². The fourth-order valence-corrected chi connectivity index (χ4v) is 8.32. The van der Waals surface area contributed by atoms with Crippen LogP contribution in [0.2, 0.25) is 0 Å². The van der Waals surface area contributed by atoms with Crippen molar-refractivity contribution in [3.8, 4) is 5.69 Å². The summed E-state index contributed by atoms with van der Waals surface area (Å²) in [6, 6.07) is 62.7. The van der Waals surface area contributed by atoms with Crippen LogP contribution in [0.3, 0.4) is 0 Å². The lowest BCUT2D eigenvalue weighted by Gasteiger charge is -2.39. The molecular weight excluding hydrogens is 581 g/mol. The molecule has 1 aliphatic carbocycles. The van der Waals surface area contributed by atoms with E-state index in [2.05, 4.69) is 179 Å². The number of rotatable bonds is 6. The summed E-state index contributed by atoms with van der Waals surface area (Å²) < 4.78 is 2.39. The van der Waals surface area contributed by atoms with E-state index in [0.29, 0.717) is 0 Å². The number of benzene rings is 7. The second-order valence-electron chi connectivity index (χ2n) is 13.3. The molecule has 48 heavy (non-hydrogen) atoms. The average molecular weight is 619 g/mol. The molecule has 1 heterocycles. The van der Waals surface area contributed by atoms with E-state index in [0.717, 1.165) is 11.4 Å². The smallest absolute Gasteiger partial charge is 0.0542 e. The second-order valence-corrected chi connectivity index (χ2v) is 13.3. The normalized spacial score (nSPS) is 14.4. The second kappa shape index (κ2) is 11.9. The first-order valence-electron chi connectivity index (χ1n) is 17.3. The van der Waals surface area contributed by atoms with Gasteiger partial charge >= 0.3 is 0 Å². The van der Waals surface area contributed by atoms with Gasteiger partial charge in [0, 0.05) is 38.9 Å². The summed E-state index contributed by atoms with van der Waals surface area (Å²) in [5.74, 6) is 0. The minimum absolute atomic E-state index is 0.0254. The van der Waals surface area contributed by atoms with Crippen LogP contribution in [0, 0.1) is 0 Å². The first-order chi connectivity index (χ1) is 23.8. The molecule has 2 heteroatoms. The Kier molecular flexibility index (Phi) is 7.08. The lowest BCUT2D eigenvalue weighted by atomic mass is 9.65. The van der Waals surface area contributed by atoms with Gasteiger partial charge in [-0.15, -0.1) is 0 Å². The Bertz CT molecular complexity index is 2380. The summed E-state index contributed by atoms with van der Waals surface area (Å²) in [6.45, 7) is 0. The van der Waals surface area contributed by atoms with Gasteiger partial charge in [0.1, 0.15) is 0 Å². The largest absolute Gasteiger partial charge is 0.310 e. The zero-order valence-corrected chi connectivity index (χ0v) is 27.1. The van der Waals surface area contributed by atoms with Gasteiger partial charge in [-0.05, 0) is 95.4 Å². The van der Waals surface area contributed by atoms with Gasteiger partial charge < -0.3 is 9.47 Å². The van der Waals surface area contributed by atoms with Crippen LogP contribution < -0.4 is 4.90 Å². The molecule has 0 N–H and O–H groups in total. The Morgan fingerprint density at radius 3 is 1.88 bits per heavy atom. The molecule has 1 saturated carbocycles. The van der Waals surface area contributed by atoms with Crippen LogP contribution in [0.5, 0.6) is 0 Å². The zero-order chi connectivity index (χ0) is 31.9. The maximum atomic E-state index is 2.48. The molecule has 1 aliphatic rings. The SMILES string of the molecule is c1ccc(-n2c3ccccc3c3cc(N(c4cccc(C5(c6ccccc6)CCCCC5)c4)c4ccc5ccccc5c4)ccc32)cc1. The van der Waals surface area contributed by atoms with Crippen LogP contribution in [-0.2, 0) is 5.41 Å². The summed E-state index contributed by atoms with van der Waals surface area (Å²) in [4.78, 5) is 2.46. The van der Waals surface area contributed by atoms with Crippen LogP contribution in [-0.4, -0.2) is 4.57 Å². The van der Waals surface area contributed by atoms with Crippen LogP contribution in [0.1, 0.15) is 43.2 Å². The van der Waals surface area contributed by atoms with Crippen molar-refractivity contribution in [2.45, 2.75) is 37.5 Å². The van der Waals surface area contributed by atoms with Crippen molar-refractivity contribution in [1.29, 1.82) is 0 Å². The van der Waals surface area contributed by atoms with E-state index in [-0.39, 0.29) is 5.41 Å². The lowest BCUT2D eigenvalue weighted by molar-refractivity contribution is 0.346. The van der Waals surface area contributed by atoms with Crippen LogP contribution >= 0.6 is 0 Å². The molecule has 8 aromatic rings. The molecule has 1 fully saturated rings. The van der Waals surface area contributed by atoms with E-state index in [4.69, 9.17) is 0 Å². The minimum Gasteiger partial charge on any atom is -0.310 e. The zero-order valence-electron chi connectivity index (χ0n) is 27.1. The third-order valence-electron chi connectivity index (χ3n) is 10.6. The molecule has 0 aliphatic heterocycles. The van der Waals surface area contributed by atoms with Gasteiger partial charge in [0.15, 0.2) is 0 Å². The first-order valence-corrected chi connectivity index (χ1v) is 17.3. The quantitative estimate of drug-likeness (QED) is 0.180. The van der Waals surface area contributed by atoms with Crippen molar-refractivity contribution < 1.29 is 0 Å². The van der Waals surface area contributed by atoms with Gasteiger partial charge in [-0.2, -0.15) is 0 Å². The average Bonchev–Trinajstić information content (AvgIpc) is 3.50. The number of aromatic nitrogens is 1. The molecule has 0 bridgehead atoms. The van der Waals surface area contributed by atoms with Gasteiger partial charge in [-0.25, -0.2) is 0 Å². The van der Waals surface area contributed by atoms with Crippen molar-refractivity contribution in [3.63, 3.8) is 0 Å². The van der Waals surface area contributed by atoms with Crippen molar-refractivity contribution in [1.82, 2.24) is 4.57 Å². The maximum absolute atomic E-state index is 2.48. The van der Waals surface area contributed by atoms with Crippen LogP contribution in [0.4, 0.5) is 17.1 Å². The Morgan fingerprint density at radius 2 is 1.04 bits per heavy atom. The Morgan fingerprint density at radius 1 is 0.417 bits per heavy atom. The summed E-state index contributed by atoms with van der Waals surface area (Å²) in [6.07, 6.45) is 6.20. The molecule has 9 rings (SSSR count). The molecule has 7 aromatic carbocycles. The molecule has 0 spiro atoms. The predicted octanol–water partition coefficient (Wildman–Crippen LogP) is 12.7. The van der Waals surface area contributed by atoms with E-state index >= 15 is 0 Å². The van der Waals surface area contributed by atoms with E-state index in [9.17, 15) is 0 Å². The highest BCUT2D eigenvalue weighted by Crippen LogP contribution is 2.47. The fourth-order valence-electron chi connectivity index (χ4n) is 8.32. The molecule has 1 aromatic heterocycles. The third kappa shape index (κ3) is 4.79. The topological polar surface area (TPSA) is 8.17 Å². The molecule has 0 atom stereocenters. The highest BCUT2D eigenvalue weighted by Gasteiger charge is 2.36. The van der Waals surface area contributed by atoms with Gasteiger partial charge in [0.05, 0.1) is 11.0 Å². The molecule has 0 radical (unpaired) electrons. The molecule has 0 saturated heterocycles. The van der Waals surface area contributed by atoms with Gasteiger partial charge in [-0.1, -0.05) is 128 Å². The Labute approximate surface area is 282 Å². The molecule has 0 amide bonds. The summed E-state index contributed by atoms with van der Waals surface area (Å²) >= 11 is 0. The van der Waals surface area contributed by atoms with Crippen molar-refractivity contribution in [2.75, 3.05) is 4.90 Å². The number of fused-ring (bicyclic) bond motifs is 4. The number of para-hydroxylation sites is 2. The van der Waals surface area contributed by atoms with E-state index in [1.54, 1.807) is 0 Å². The van der Waals surface area contributed by atoms with Crippen LogP contribution in [0.15, 0.2) is 170 Å². The molecule has 2 nitrogen and oxygen atoms in total. The molecular formula is C46H38N2. The number of nitrogens with zero attached hydrogens (tertiary/aromatic N) is 2. The lowest BCUT2D eigenvalue weighted by Crippen LogP contribution is -2.30. The van der Waals surface area contributed by atoms with Gasteiger partial charge in [0.25, 0.3) is 0 Å². The fraction of sp³-hybridized carbons (Fsp3) is 0.130. The molecule has 0 unspecified atom stereocenters. The van der Waals surface area contributed by atoms with Gasteiger partial charge in [0.2, 0.25) is 0 Å². The monoisotopic (exact) mass is 618 g/mol. The number of hydrogen-bond donors (Lipinski definition) is 0. The highest BCUT2D eigenvalue weighted by atomic mass is 15.1. The van der Waals surface area contributed by atoms with Gasteiger partial charge in [-0.3, -0.25) is 0 Å². The summed E-state index contributed by atoms with van der Waals surface area (Å²) in [5, 5.41) is 5.00. The van der Waals surface area contributed by atoms with Crippen molar-refractivity contribution in [2.24, 2.45) is 0 Å². The van der Waals surface area contributed by atoms with Crippen LogP contribution in [0.25, 0.3) is 38.3 Å². The predicted molar refractivity (Wildman–Crippen MR) is 203 cm³/mol. The standard InChI is InChI=1S/C46H38N2/c1-4-17-36(18-5-1)46(29-12-3-13-30-46)37-19-14-22-39(32-37)47(40-26-25-34-15-8-9-16-35(34)31-40)41-27-28-45-43(33-41)42-23-10-11-24-44(42)48(45)38-20-6-2-7-21-38/h1-2,4-11,14-28,31-33H,3,12-13,29-30H2.